The molecule has 0 bridgehead atoms. The lowest BCUT2D eigenvalue weighted by Gasteiger charge is -2.18. The van der Waals surface area contributed by atoms with Crippen LogP contribution in [0.2, 0.25) is 0 Å². The zero-order valence-corrected chi connectivity index (χ0v) is 15.0. The first-order chi connectivity index (χ1) is 11.5. The van der Waals surface area contributed by atoms with E-state index in [1.54, 1.807) is 7.11 Å². The molecule has 1 aromatic heterocycles. The highest BCUT2D eigenvalue weighted by Crippen LogP contribution is 2.18. The molecule has 1 heterocycles. The maximum Gasteiger partial charge on any atom is 0.226 e. The Morgan fingerprint density at radius 3 is 2.29 bits per heavy atom. The molecule has 6 nitrogen and oxygen atoms in total. The lowest BCUT2D eigenvalue weighted by molar-refractivity contribution is 0.293. The van der Waals surface area contributed by atoms with E-state index in [2.05, 4.69) is 41.0 Å². The molecule has 1 N–H and O–H groups in total. The summed E-state index contributed by atoms with van der Waals surface area (Å²) in [5.41, 5.74) is 0. The van der Waals surface area contributed by atoms with Gasteiger partial charge >= 0.3 is 0 Å². The molecule has 0 aliphatic rings. The quantitative estimate of drug-likeness (QED) is 0.798. The van der Waals surface area contributed by atoms with E-state index in [0.29, 0.717) is 12.6 Å². The number of benzene rings is 1. The molecule has 24 heavy (non-hydrogen) atoms. The Hall–Kier alpha value is -2.37. The normalized spacial score (nSPS) is 12.1. The van der Waals surface area contributed by atoms with E-state index < -0.39 is 0 Å². The van der Waals surface area contributed by atoms with Gasteiger partial charge in [0, 0.05) is 5.92 Å². The van der Waals surface area contributed by atoms with Gasteiger partial charge in [0.15, 0.2) is 0 Å². The van der Waals surface area contributed by atoms with Crippen LogP contribution in [-0.4, -0.2) is 34.7 Å². The Morgan fingerprint density at radius 2 is 1.71 bits per heavy atom. The molecule has 0 radical (unpaired) electrons. The van der Waals surface area contributed by atoms with E-state index in [9.17, 15) is 0 Å². The fourth-order valence-electron chi connectivity index (χ4n) is 2.14. The third-order valence-electron chi connectivity index (χ3n) is 3.62. The monoisotopic (exact) mass is 330 g/mol. The zero-order valence-electron chi connectivity index (χ0n) is 15.0. The highest BCUT2D eigenvalue weighted by molar-refractivity contribution is 5.31. The van der Waals surface area contributed by atoms with Crippen LogP contribution in [0.4, 0.5) is 5.95 Å². The molecule has 0 saturated carbocycles. The Kier molecular flexibility index (Phi) is 6.35. The Morgan fingerprint density at radius 1 is 1.04 bits per heavy atom. The predicted octanol–water partition coefficient (Wildman–Crippen LogP) is 3.58. The molecule has 1 unspecified atom stereocenters. The predicted molar refractivity (Wildman–Crippen MR) is 94.8 cm³/mol. The van der Waals surface area contributed by atoms with Gasteiger partial charge in [-0.3, -0.25) is 0 Å². The third-order valence-corrected chi connectivity index (χ3v) is 3.62. The standard InChI is InChI=1S/C18H26N4O2/c1-6-14(11-24-16-9-7-15(23-5)8-10-16)21-18-20-13(4)19-17(22-18)12(2)3/h7-10,12,14H,6,11H2,1-5H3,(H,19,20,21,22). The minimum atomic E-state index is 0.119. The van der Waals surface area contributed by atoms with Gasteiger partial charge in [-0.05, 0) is 37.6 Å². The van der Waals surface area contributed by atoms with Crippen LogP contribution in [0.15, 0.2) is 24.3 Å². The number of ether oxygens (including phenoxy) is 2. The third kappa shape index (κ3) is 5.08. The lowest BCUT2D eigenvalue weighted by Crippen LogP contribution is -2.28. The van der Waals surface area contributed by atoms with E-state index in [0.717, 1.165) is 29.6 Å². The van der Waals surface area contributed by atoms with E-state index >= 15 is 0 Å². The molecule has 0 aliphatic carbocycles. The number of nitrogens with zero attached hydrogens (tertiary/aromatic N) is 3. The number of aromatic nitrogens is 3. The largest absolute Gasteiger partial charge is 0.497 e. The smallest absolute Gasteiger partial charge is 0.226 e. The highest BCUT2D eigenvalue weighted by Gasteiger charge is 2.12. The summed E-state index contributed by atoms with van der Waals surface area (Å²) in [6, 6.07) is 7.68. The van der Waals surface area contributed by atoms with Gasteiger partial charge in [-0.2, -0.15) is 9.97 Å². The summed E-state index contributed by atoms with van der Waals surface area (Å²) in [5.74, 6) is 4.03. The maximum absolute atomic E-state index is 5.85. The minimum absolute atomic E-state index is 0.119. The van der Waals surface area contributed by atoms with Crippen molar-refractivity contribution in [2.24, 2.45) is 0 Å². The van der Waals surface area contributed by atoms with Crippen molar-refractivity contribution in [2.45, 2.75) is 46.1 Å². The number of hydrogen-bond donors (Lipinski definition) is 1. The summed E-state index contributed by atoms with van der Waals surface area (Å²) in [6.45, 7) is 8.66. The average Bonchev–Trinajstić information content (AvgIpc) is 2.58. The van der Waals surface area contributed by atoms with Gasteiger partial charge in [0.2, 0.25) is 5.95 Å². The van der Waals surface area contributed by atoms with Crippen molar-refractivity contribution in [1.82, 2.24) is 15.0 Å². The second-order valence-corrected chi connectivity index (χ2v) is 5.96. The molecule has 1 aromatic carbocycles. The van der Waals surface area contributed by atoms with Crippen molar-refractivity contribution < 1.29 is 9.47 Å². The number of rotatable bonds is 8. The van der Waals surface area contributed by atoms with Gasteiger partial charge in [-0.15, -0.1) is 0 Å². The van der Waals surface area contributed by atoms with Crippen molar-refractivity contribution in [2.75, 3.05) is 19.0 Å². The molecular formula is C18H26N4O2. The fourth-order valence-corrected chi connectivity index (χ4v) is 2.14. The van der Waals surface area contributed by atoms with Crippen LogP contribution in [-0.2, 0) is 0 Å². The van der Waals surface area contributed by atoms with Crippen molar-refractivity contribution in [3.63, 3.8) is 0 Å². The molecule has 6 heteroatoms. The van der Waals surface area contributed by atoms with E-state index in [-0.39, 0.29) is 12.0 Å². The van der Waals surface area contributed by atoms with Crippen LogP contribution in [0.3, 0.4) is 0 Å². The second kappa shape index (κ2) is 8.47. The molecule has 0 aliphatic heterocycles. The molecule has 130 valence electrons. The molecule has 0 amide bonds. The number of nitrogens with one attached hydrogen (secondary N) is 1. The zero-order chi connectivity index (χ0) is 17.5. The first-order valence-electron chi connectivity index (χ1n) is 8.27. The van der Waals surface area contributed by atoms with Crippen molar-refractivity contribution >= 4 is 5.95 Å². The van der Waals surface area contributed by atoms with Crippen LogP contribution >= 0.6 is 0 Å². The Labute approximate surface area is 143 Å². The first-order valence-corrected chi connectivity index (χ1v) is 8.27. The average molecular weight is 330 g/mol. The second-order valence-electron chi connectivity index (χ2n) is 5.96. The minimum Gasteiger partial charge on any atom is -0.497 e. The molecule has 0 saturated heterocycles. The molecule has 2 aromatic rings. The molecule has 0 fully saturated rings. The lowest BCUT2D eigenvalue weighted by atomic mass is 10.2. The topological polar surface area (TPSA) is 69.2 Å². The number of aryl methyl sites for hydroxylation is 1. The molecule has 2 rings (SSSR count). The highest BCUT2D eigenvalue weighted by atomic mass is 16.5. The van der Waals surface area contributed by atoms with Crippen molar-refractivity contribution in [1.29, 1.82) is 0 Å². The van der Waals surface area contributed by atoms with E-state index in [4.69, 9.17) is 9.47 Å². The number of hydrogen-bond acceptors (Lipinski definition) is 6. The van der Waals surface area contributed by atoms with Crippen LogP contribution < -0.4 is 14.8 Å². The summed E-state index contributed by atoms with van der Waals surface area (Å²) in [7, 11) is 1.65. The van der Waals surface area contributed by atoms with Crippen molar-refractivity contribution in [3.05, 3.63) is 35.9 Å². The van der Waals surface area contributed by atoms with Gasteiger partial charge < -0.3 is 14.8 Å². The summed E-state index contributed by atoms with van der Waals surface area (Å²) in [5, 5.41) is 3.35. The first kappa shape index (κ1) is 18.0. The molecule has 1 atom stereocenters. The molecule has 0 spiro atoms. The van der Waals surface area contributed by atoms with Gasteiger partial charge in [-0.25, -0.2) is 4.98 Å². The Bertz CT molecular complexity index is 644. The van der Waals surface area contributed by atoms with Crippen molar-refractivity contribution in [3.8, 4) is 11.5 Å². The maximum atomic E-state index is 5.85. The fraction of sp³-hybridized carbons (Fsp3) is 0.500. The molecular weight excluding hydrogens is 304 g/mol. The van der Waals surface area contributed by atoms with Gasteiger partial charge in [0.1, 0.15) is 29.8 Å². The van der Waals surface area contributed by atoms with Crippen LogP contribution in [0.25, 0.3) is 0 Å². The van der Waals surface area contributed by atoms with Crippen LogP contribution in [0.5, 0.6) is 11.5 Å². The SMILES string of the molecule is CCC(COc1ccc(OC)cc1)Nc1nc(C)nc(C(C)C)n1. The van der Waals surface area contributed by atoms with Gasteiger partial charge in [0.25, 0.3) is 0 Å². The number of methoxy groups -OCH3 is 1. The van der Waals surface area contributed by atoms with Gasteiger partial charge in [-0.1, -0.05) is 20.8 Å². The summed E-state index contributed by atoms with van der Waals surface area (Å²) < 4.78 is 11.0. The summed E-state index contributed by atoms with van der Waals surface area (Å²) in [4.78, 5) is 13.2. The number of anilines is 1. The Balaban J connectivity index is 1.98. The summed E-state index contributed by atoms with van der Waals surface area (Å²) >= 11 is 0. The van der Waals surface area contributed by atoms with E-state index in [1.165, 1.54) is 0 Å². The van der Waals surface area contributed by atoms with Gasteiger partial charge in [0.05, 0.1) is 13.2 Å². The summed E-state index contributed by atoms with van der Waals surface area (Å²) in [6.07, 6.45) is 0.901. The van der Waals surface area contributed by atoms with E-state index in [1.807, 2.05) is 31.2 Å². The van der Waals surface area contributed by atoms with Crippen LogP contribution in [0, 0.1) is 6.92 Å². The van der Waals surface area contributed by atoms with Crippen LogP contribution in [0.1, 0.15) is 44.8 Å².